The lowest BCUT2D eigenvalue weighted by molar-refractivity contribution is 0.181. The smallest absolute Gasteiger partial charge is 0.0107 e. The minimum Gasteiger partial charge on any atom is -0.307 e. The Morgan fingerprint density at radius 2 is 0.227 bits per heavy atom. The van der Waals surface area contributed by atoms with Gasteiger partial charge in [-0.3, -0.25) is 0 Å². The van der Waals surface area contributed by atoms with Gasteiger partial charge in [-0.15, -0.1) is 0 Å². The van der Waals surface area contributed by atoms with Gasteiger partial charge in [-0.1, -0.05) is 27.7 Å². The van der Waals surface area contributed by atoms with Crippen molar-refractivity contribution in [3.8, 4) is 0 Å². The summed E-state index contributed by atoms with van der Waals surface area (Å²) in [6.07, 6.45) is 7.70. The zero-order chi connectivity index (χ0) is 83.0. The molecule has 5 saturated heterocycles. The van der Waals surface area contributed by atoms with E-state index in [-0.39, 0.29) is 0 Å². The molecule has 5 fully saturated rings. The lowest BCUT2D eigenvalue weighted by Crippen LogP contribution is -2.42. The van der Waals surface area contributed by atoms with Crippen LogP contribution in [-0.2, 0) is 0 Å². The average Bonchev–Trinajstić information content (AvgIpc) is 1.62. The van der Waals surface area contributed by atoms with Crippen LogP contribution < -0.4 is 0 Å². The predicted octanol–water partition coefficient (Wildman–Crippen LogP) is 2.69. The highest BCUT2D eigenvalue weighted by Crippen LogP contribution is 2.03. The molecular formula is C85H199N25. The Kier molecular flexibility index (Phi) is 73.9. The fourth-order valence-electron chi connectivity index (χ4n) is 12.4. The molecule has 0 aliphatic carbocycles. The maximum Gasteiger partial charge on any atom is 0.0107 e. The van der Waals surface area contributed by atoms with Gasteiger partial charge in [0.1, 0.15) is 0 Å². The minimum absolute atomic E-state index is 1.15. The maximum absolute atomic E-state index is 2.46. The molecule has 0 aromatic carbocycles. The Bertz CT molecular complexity index is 1690. The fourth-order valence-corrected chi connectivity index (χ4v) is 12.4. The summed E-state index contributed by atoms with van der Waals surface area (Å²) in [6, 6.07) is 0. The van der Waals surface area contributed by atoms with Gasteiger partial charge in [-0.2, -0.15) is 0 Å². The first-order chi connectivity index (χ1) is 52.2. The molecule has 110 heavy (non-hydrogen) atoms. The Morgan fingerprint density at radius 1 is 0.136 bits per heavy atom. The summed E-state index contributed by atoms with van der Waals surface area (Å²) in [5, 5.41) is 0. The van der Waals surface area contributed by atoms with Gasteiger partial charge in [-0.05, 0) is 319 Å². The average molecular weight is 1570 g/mol. The van der Waals surface area contributed by atoms with Gasteiger partial charge >= 0.3 is 0 Å². The van der Waals surface area contributed by atoms with Crippen LogP contribution in [-0.4, -0.2) is 626 Å². The lowest BCUT2D eigenvalue weighted by Gasteiger charge is -2.28. The second-order valence-corrected chi connectivity index (χ2v) is 35.1. The third-order valence-electron chi connectivity index (χ3n) is 23.3. The van der Waals surface area contributed by atoms with E-state index in [2.05, 4.69) is 326 Å². The van der Waals surface area contributed by atoms with Gasteiger partial charge in [0.15, 0.2) is 0 Å². The van der Waals surface area contributed by atoms with Crippen molar-refractivity contribution < 1.29 is 0 Å². The molecule has 0 unspecified atom stereocenters. The largest absolute Gasteiger partial charge is 0.307 e. The van der Waals surface area contributed by atoms with Crippen molar-refractivity contribution in [3.05, 3.63) is 0 Å². The Morgan fingerprint density at radius 3 is 0.355 bits per heavy atom. The van der Waals surface area contributed by atoms with E-state index >= 15 is 0 Å². The standard InChI is InChI=1S/C15H35N5.C14H32N4.C13H31N3.C12H28N4.C12H29N3.C10H23N3.C9H21N3/c1-16-6-8-17(2)10-12-19(4)14-15-20(5)13-11-18(3)9-7-16;1-15-7-5-8-17(3)13-14-18(4)10-6-9-16(2)12-11-15;1-6-14(3)10-8-12-16(5)13-9-11-15(4)7-2;1-13-5-7-14(2)9-11-16(4)12-10-15(3)8-6-13;1-6-13(3)9-8-10-15(5)12-11-14(4)7-2;1-11-5-4-6-12(2)8-10-13(3)9-7-11;1-10-4-6-11(2)8-9-12(3)7-5-10/h6-15H2,1-5H3;5-14H2,1-4H3;6-13H2,1-5H3;5-12H2,1-4H3;6-12H2,1-5H3;4-10H2,1-3H3;4-9H2,1-3H3. The molecule has 5 aliphatic rings. The van der Waals surface area contributed by atoms with E-state index in [1.165, 1.54) is 274 Å². The van der Waals surface area contributed by atoms with Crippen molar-refractivity contribution in [2.75, 3.05) is 503 Å². The summed E-state index contributed by atoms with van der Waals surface area (Å²) >= 11 is 0. The molecule has 0 amide bonds. The van der Waals surface area contributed by atoms with Crippen LogP contribution in [0.25, 0.3) is 0 Å². The highest BCUT2D eigenvalue weighted by atomic mass is 15.3. The SMILES string of the molecule is CCN(C)CCCN(C)CCCN(C)CC.CCN(C)CCCN(C)CCN(C)CC.CN1CCCN(C)CCN(C)CC1.CN1CCCN(C)CCN(C)CCCN(C)CC1.CN1CCN(C)CCN(C)CC1.CN1CCN(C)CCN(C)CCN(C)CC1.CN1CCN(C)CCN(C)CCN(C)CCN(C)CC1. The molecule has 5 aliphatic heterocycles. The summed E-state index contributed by atoms with van der Waals surface area (Å²) in [5.74, 6) is 0. The van der Waals surface area contributed by atoms with Gasteiger partial charge < -0.3 is 122 Å². The van der Waals surface area contributed by atoms with E-state index < -0.39 is 0 Å². The van der Waals surface area contributed by atoms with Crippen LogP contribution in [0.1, 0.15) is 66.2 Å². The third kappa shape index (κ3) is 73.4. The monoisotopic (exact) mass is 1570 g/mol. The molecule has 25 nitrogen and oxygen atoms in total. The molecule has 0 saturated carbocycles. The fraction of sp³-hybridized carbons (Fsp3) is 1.00. The van der Waals surface area contributed by atoms with E-state index in [4.69, 9.17) is 0 Å². The van der Waals surface area contributed by atoms with Crippen molar-refractivity contribution in [2.24, 2.45) is 0 Å². The molecule has 5 rings (SSSR count). The molecular weight excluding hydrogens is 1370 g/mol. The molecule has 5 heterocycles. The molecule has 25 heteroatoms. The van der Waals surface area contributed by atoms with Crippen LogP contribution in [0.15, 0.2) is 0 Å². The van der Waals surface area contributed by atoms with Gasteiger partial charge in [0, 0.05) is 223 Å². The van der Waals surface area contributed by atoms with Crippen LogP contribution in [0.4, 0.5) is 0 Å². The van der Waals surface area contributed by atoms with Crippen LogP contribution in [0, 0.1) is 0 Å². The zero-order valence-electron chi connectivity index (χ0n) is 79.8. The van der Waals surface area contributed by atoms with Crippen molar-refractivity contribution in [2.45, 2.75) is 66.2 Å². The first kappa shape index (κ1) is 111. The Labute approximate surface area is 688 Å². The van der Waals surface area contributed by atoms with E-state index in [1.54, 1.807) is 0 Å². The van der Waals surface area contributed by atoms with Crippen LogP contribution in [0.5, 0.6) is 0 Å². The number of likely N-dealkylation sites (N-methyl/N-ethyl adjacent to an activating group) is 21. The second-order valence-electron chi connectivity index (χ2n) is 35.1. The van der Waals surface area contributed by atoms with Gasteiger partial charge in [0.25, 0.3) is 0 Å². The van der Waals surface area contributed by atoms with Gasteiger partial charge in [-0.25, -0.2) is 0 Å². The van der Waals surface area contributed by atoms with Crippen LogP contribution in [0.3, 0.4) is 0 Å². The molecule has 664 valence electrons. The third-order valence-corrected chi connectivity index (χ3v) is 23.3. The quantitative estimate of drug-likeness (QED) is 0.190. The van der Waals surface area contributed by atoms with E-state index in [9.17, 15) is 0 Å². The van der Waals surface area contributed by atoms with Crippen LogP contribution in [0.2, 0.25) is 0 Å². The minimum atomic E-state index is 1.15. The predicted molar refractivity (Wildman–Crippen MR) is 488 cm³/mol. The van der Waals surface area contributed by atoms with Crippen LogP contribution >= 0.6 is 0 Å². The first-order valence-corrected chi connectivity index (χ1v) is 44.3. The number of hydrogen-bond acceptors (Lipinski definition) is 25. The summed E-state index contributed by atoms with van der Waals surface area (Å²) in [5.41, 5.74) is 0. The van der Waals surface area contributed by atoms with Gasteiger partial charge in [0.2, 0.25) is 0 Å². The molecule has 0 radical (unpaired) electrons. The molecule has 0 aromatic rings. The Hall–Kier alpha value is -1.00. The van der Waals surface area contributed by atoms with E-state index in [0.29, 0.717) is 0 Å². The first-order valence-electron chi connectivity index (χ1n) is 44.3. The summed E-state index contributed by atoms with van der Waals surface area (Å²) in [7, 11) is 55.5. The maximum atomic E-state index is 2.46. The van der Waals surface area contributed by atoms with Crippen molar-refractivity contribution in [1.29, 1.82) is 0 Å². The number of hydrogen-bond donors (Lipinski definition) is 0. The molecule has 0 aromatic heterocycles. The van der Waals surface area contributed by atoms with Crippen molar-refractivity contribution in [3.63, 3.8) is 0 Å². The normalized spacial score (nSPS) is 22.2. The summed E-state index contributed by atoms with van der Waals surface area (Å²) < 4.78 is 0. The van der Waals surface area contributed by atoms with Crippen molar-refractivity contribution in [1.82, 2.24) is 122 Å². The second kappa shape index (κ2) is 73.2. The Balaban J connectivity index is 0. The highest BCUT2D eigenvalue weighted by molar-refractivity contribution is 4.72. The van der Waals surface area contributed by atoms with E-state index in [1.807, 2.05) is 0 Å². The summed E-state index contributed by atoms with van der Waals surface area (Å²) in [4.78, 5) is 60.6. The van der Waals surface area contributed by atoms with Crippen molar-refractivity contribution >= 4 is 0 Å². The van der Waals surface area contributed by atoms with Gasteiger partial charge in [0.05, 0.1) is 0 Å². The molecule has 0 N–H and O–H groups in total. The number of rotatable bonds is 19. The molecule has 0 atom stereocenters. The molecule has 0 spiro atoms. The lowest BCUT2D eigenvalue weighted by atomic mass is 10.3. The van der Waals surface area contributed by atoms with E-state index in [0.717, 1.165) is 91.6 Å². The summed E-state index contributed by atoms with van der Waals surface area (Å²) in [6.45, 7) is 68.2. The topological polar surface area (TPSA) is 81.0 Å². The zero-order valence-corrected chi connectivity index (χ0v) is 79.8. The number of nitrogens with zero attached hydrogens (tertiary/aromatic N) is 25. The molecule has 0 bridgehead atoms. The highest BCUT2D eigenvalue weighted by Gasteiger charge is 2.15.